The van der Waals surface area contributed by atoms with E-state index in [-0.39, 0.29) is 12.3 Å². The number of aromatic nitrogens is 3. The SMILES string of the molecule is Fc1cccc(F)c1-n1ccc(COc2cccnc2Br)n1. The van der Waals surface area contributed by atoms with Crippen molar-refractivity contribution in [2.75, 3.05) is 0 Å². The molecule has 0 atom stereocenters. The van der Waals surface area contributed by atoms with E-state index in [4.69, 9.17) is 4.74 Å². The maximum absolute atomic E-state index is 13.7. The first kappa shape index (κ1) is 14.6. The van der Waals surface area contributed by atoms with E-state index < -0.39 is 11.6 Å². The maximum atomic E-state index is 13.7. The Kier molecular flexibility index (Phi) is 4.15. The van der Waals surface area contributed by atoms with Gasteiger partial charge >= 0.3 is 0 Å². The highest BCUT2D eigenvalue weighted by Gasteiger charge is 2.12. The van der Waals surface area contributed by atoms with Crippen LogP contribution in [-0.4, -0.2) is 14.8 Å². The second-order valence-electron chi connectivity index (χ2n) is 4.40. The number of hydrogen-bond acceptors (Lipinski definition) is 3. The summed E-state index contributed by atoms with van der Waals surface area (Å²) in [6.45, 7) is 0.160. The van der Waals surface area contributed by atoms with Gasteiger partial charge in [-0.2, -0.15) is 5.10 Å². The molecular formula is C15H10BrF2N3O. The maximum Gasteiger partial charge on any atom is 0.152 e. The van der Waals surface area contributed by atoms with E-state index in [9.17, 15) is 8.78 Å². The van der Waals surface area contributed by atoms with Gasteiger partial charge in [-0.25, -0.2) is 18.4 Å². The molecule has 0 saturated carbocycles. The van der Waals surface area contributed by atoms with Gasteiger partial charge in [-0.05, 0) is 46.3 Å². The predicted octanol–water partition coefficient (Wildman–Crippen LogP) is 3.89. The van der Waals surface area contributed by atoms with Gasteiger partial charge in [0.2, 0.25) is 0 Å². The van der Waals surface area contributed by atoms with Crippen LogP contribution in [0.15, 0.2) is 53.4 Å². The minimum absolute atomic E-state index is 0.160. The number of ether oxygens (including phenoxy) is 1. The van der Waals surface area contributed by atoms with Crippen molar-refractivity contribution in [3.8, 4) is 11.4 Å². The van der Waals surface area contributed by atoms with Crippen molar-refractivity contribution >= 4 is 15.9 Å². The van der Waals surface area contributed by atoms with Crippen LogP contribution in [0.4, 0.5) is 8.78 Å². The second-order valence-corrected chi connectivity index (χ2v) is 5.15. The summed E-state index contributed by atoms with van der Waals surface area (Å²) in [5.41, 5.74) is 0.328. The van der Waals surface area contributed by atoms with Gasteiger partial charge in [0.05, 0.1) is 0 Å². The van der Waals surface area contributed by atoms with Crippen molar-refractivity contribution in [1.82, 2.24) is 14.8 Å². The van der Waals surface area contributed by atoms with E-state index in [1.165, 1.54) is 24.4 Å². The molecule has 4 nitrogen and oxygen atoms in total. The lowest BCUT2D eigenvalue weighted by Gasteiger charge is -2.06. The summed E-state index contributed by atoms with van der Waals surface area (Å²) in [5.74, 6) is -0.787. The molecule has 2 aromatic heterocycles. The standard InChI is InChI=1S/C15H10BrF2N3O/c16-15-13(5-2-7-19-15)22-9-10-6-8-21(20-10)14-11(17)3-1-4-12(14)18/h1-8H,9H2. The molecule has 0 amide bonds. The molecule has 0 unspecified atom stereocenters. The molecule has 1 aromatic carbocycles. The fourth-order valence-corrected chi connectivity index (χ4v) is 2.27. The van der Waals surface area contributed by atoms with Crippen LogP contribution in [-0.2, 0) is 6.61 Å². The Morgan fingerprint density at radius 1 is 1.09 bits per heavy atom. The lowest BCUT2D eigenvalue weighted by molar-refractivity contribution is 0.297. The fourth-order valence-electron chi connectivity index (χ4n) is 1.90. The molecule has 0 fully saturated rings. The Labute approximate surface area is 133 Å². The highest BCUT2D eigenvalue weighted by atomic mass is 79.9. The molecule has 22 heavy (non-hydrogen) atoms. The first-order chi connectivity index (χ1) is 10.6. The Balaban J connectivity index is 1.79. The zero-order chi connectivity index (χ0) is 15.5. The number of rotatable bonds is 4. The number of benzene rings is 1. The molecule has 3 rings (SSSR count). The third-order valence-electron chi connectivity index (χ3n) is 2.91. The van der Waals surface area contributed by atoms with E-state index in [1.807, 2.05) is 0 Å². The fraction of sp³-hybridized carbons (Fsp3) is 0.0667. The molecule has 2 heterocycles. The van der Waals surface area contributed by atoms with E-state index >= 15 is 0 Å². The van der Waals surface area contributed by atoms with Gasteiger partial charge in [0.25, 0.3) is 0 Å². The van der Waals surface area contributed by atoms with Crippen molar-refractivity contribution in [2.24, 2.45) is 0 Å². The van der Waals surface area contributed by atoms with Crippen molar-refractivity contribution in [3.05, 3.63) is 70.7 Å². The van der Waals surface area contributed by atoms with Gasteiger partial charge in [0.1, 0.15) is 22.6 Å². The van der Waals surface area contributed by atoms with Gasteiger partial charge in [-0.1, -0.05) is 6.07 Å². The topological polar surface area (TPSA) is 39.9 Å². The lowest BCUT2D eigenvalue weighted by Crippen LogP contribution is -2.04. The normalized spacial score (nSPS) is 10.7. The number of nitrogens with zero attached hydrogens (tertiary/aromatic N) is 3. The average Bonchev–Trinajstić information content (AvgIpc) is 2.95. The minimum atomic E-state index is -0.675. The Morgan fingerprint density at radius 3 is 2.59 bits per heavy atom. The Morgan fingerprint density at radius 2 is 1.86 bits per heavy atom. The summed E-state index contributed by atoms with van der Waals surface area (Å²) in [6.07, 6.45) is 3.12. The van der Waals surface area contributed by atoms with Crippen LogP contribution in [0.2, 0.25) is 0 Å². The number of hydrogen-bond donors (Lipinski definition) is 0. The Bertz CT molecular complexity index is 787. The molecule has 0 aliphatic carbocycles. The monoisotopic (exact) mass is 365 g/mol. The Hall–Kier alpha value is -2.28. The summed E-state index contributed by atoms with van der Waals surface area (Å²) in [4.78, 5) is 4.03. The zero-order valence-corrected chi connectivity index (χ0v) is 12.8. The summed E-state index contributed by atoms with van der Waals surface area (Å²) in [7, 11) is 0. The van der Waals surface area contributed by atoms with Gasteiger partial charge < -0.3 is 4.74 Å². The molecule has 112 valence electrons. The quantitative estimate of drug-likeness (QED) is 0.658. The molecule has 0 spiro atoms. The molecule has 0 aliphatic rings. The molecule has 0 radical (unpaired) electrons. The van der Waals surface area contributed by atoms with Crippen LogP contribution in [0.1, 0.15) is 5.69 Å². The van der Waals surface area contributed by atoms with Crippen LogP contribution in [0.5, 0.6) is 5.75 Å². The first-order valence-electron chi connectivity index (χ1n) is 6.37. The van der Waals surface area contributed by atoms with E-state index in [2.05, 4.69) is 26.0 Å². The lowest BCUT2D eigenvalue weighted by atomic mass is 10.3. The van der Waals surface area contributed by atoms with Crippen molar-refractivity contribution in [3.63, 3.8) is 0 Å². The molecule has 0 aliphatic heterocycles. The molecule has 0 bridgehead atoms. The van der Waals surface area contributed by atoms with Crippen LogP contribution in [0, 0.1) is 11.6 Å². The predicted molar refractivity (Wildman–Crippen MR) is 79.7 cm³/mol. The average molecular weight is 366 g/mol. The van der Waals surface area contributed by atoms with Gasteiger partial charge in [-0.3, -0.25) is 0 Å². The largest absolute Gasteiger partial charge is 0.484 e. The number of pyridine rings is 1. The summed E-state index contributed by atoms with van der Waals surface area (Å²) >= 11 is 3.27. The second kappa shape index (κ2) is 6.23. The molecule has 3 aromatic rings. The van der Waals surface area contributed by atoms with Gasteiger partial charge in [0.15, 0.2) is 17.4 Å². The van der Waals surface area contributed by atoms with E-state index in [0.717, 1.165) is 4.68 Å². The summed E-state index contributed by atoms with van der Waals surface area (Å²) < 4.78 is 34.7. The first-order valence-corrected chi connectivity index (χ1v) is 7.16. The molecule has 0 saturated heterocycles. The third kappa shape index (κ3) is 2.99. The van der Waals surface area contributed by atoms with Gasteiger partial charge in [-0.15, -0.1) is 0 Å². The smallest absolute Gasteiger partial charge is 0.152 e. The summed E-state index contributed by atoms with van der Waals surface area (Å²) in [6, 6.07) is 8.81. The number of halogens is 3. The van der Waals surface area contributed by atoms with Crippen LogP contribution in [0.25, 0.3) is 5.69 Å². The summed E-state index contributed by atoms with van der Waals surface area (Å²) in [5, 5.41) is 4.12. The van der Waals surface area contributed by atoms with E-state index in [1.54, 1.807) is 24.4 Å². The highest BCUT2D eigenvalue weighted by molar-refractivity contribution is 9.10. The van der Waals surface area contributed by atoms with Crippen LogP contribution < -0.4 is 4.74 Å². The third-order valence-corrected chi connectivity index (χ3v) is 3.51. The van der Waals surface area contributed by atoms with E-state index in [0.29, 0.717) is 16.0 Å². The molecule has 0 N–H and O–H groups in total. The van der Waals surface area contributed by atoms with Crippen LogP contribution in [0.3, 0.4) is 0 Å². The molecular weight excluding hydrogens is 356 g/mol. The zero-order valence-electron chi connectivity index (χ0n) is 11.2. The van der Waals surface area contributed by atoms with Gasteiger partial charge in [0, 0.05) is 12.4 Å². The molecule has 7 heteroatoms. The number of para-hydroxylation sites is 1. The van der Waals surface area contributed by atoms with Crippen molar-refractivity contribution < 1.29 is 13.5 Å². The minimum Gasteiger partial charge on any atom is -0.484 e. The van der Waals surface area contributed by atoms with Crippen molar-refractivity contribution in [2.45, 2.75) is 6.61 Å². The van der Waals surface area contributed by atoms with Crippen LogP contribution >= 0.6 is 15.9 Å². The van der Waals surface area contributed by atoms with Crippen molar-refractivity contribution in [1.29, 1.82) is 0 Å². The highest BCUT2D eigenvalue weighted by Crippen LogP contribution is 2.22.